The van der Waals surface area contributed by atoms with Gasteiger partial charge in [-0.2, -0.15) is 5.10 Å². The van der Waals surface area contributed by atoms with E-state index in [0.717, 1.165) is 6.42 Å². The second kappa shape index (κ2) is 5.80. The molecule has 1 aromatic carbocycles. The van der Waals surface area contributed by atoms with E-state index in [9.17, 15) is 0 Å². The van der Waals surface area contributed by atoms with Gasteiger partial charge in [-0.3, -0.25) is 0 Å². The zero-order chi connectivity index (χ0) is 14.9. The quantitative estimate of drug-likeness (QED) is 0.926. The Balaban J connectivity index is 2.64. The number of rotatable bonds is 4. The van der Waals surface area contributed by atoms with E-state index in [4.69, 9.17) is 5.73 Å². The van der Waals surface area contributed by atoms with Gasteiger partial charge in [0, 0.05) is 0 Å². The Morgan fingerprint density at radius 2 is 1.75 bits per heavy atom. The number of nitrogens with zero attached hydrogens (tertiary/aromatic N) is 2. The molecule has 1 heterocycles. The molecule has 108 valence electrons. The summed E-state index contributed by atoms with van der Waals surface area (Å²) < 4.78 is 2.11. The largest absolute Gasteiger partial charge is 0.330 e. The van der Waals surface area contributed by atoms with E-state index in [0.29, 0.717) is 12.5 Å². The third kappa shape index (κ3) is 2.63. The van der Waals surface area contributed by atoms with Gasteiger partial charge in [-0.25, -0.2) is 4.68 Å². The summed E-state index contributed by atoms with van der Waals surface area (Å²) in [5.41, 5.74) is 13.3. The highest BCUT2D eigenvalue weighted by Gasteiger charge is 2.17. The van der Waals surface area contributed by atoms with E-state index in [1.54, 1.807) is 0 Å². The maximum atomic E-state index is 5.72. The number of nitrogens with two attached hydrogens (primary N) is 1. The fraction of sp³-hybridized carbons (Fsp3) is 0.471. The predicted octanol–water partition coefficient (Wildman–Crippen LogP) is 3.42. The Morgan fingerprint density at radius 3 is 2.25 bits per heavy atom. The molecule has 3 nitrogen and oxygen atoms in total. The predicted molar refractivity (Wildman–Crippen MR) is 84.6 cm³/mol. The van der Waals surface area contributed by atoms with Crippen molar-refractivity contribution >= 4 is 0 Å². The third-order valence-electron chi connectivity index (χ3n) is 3.69. The van der Waals surface area contributed by atoms with Crippen molar-refractivity contribution in [1.29, 1.82) is 0 Å². The van der Waals surface area contributed by atoms with E-state index < -0.39 is 0 Å². The molecule has 0 fully saturated rings. The Morgan fingerprint density at radius 1 is 1.15 bits per heavy atom. The summed E-state index contributed by atoms with van der Waals surface area (Å²) in [5, 5.41) is 4.64. The van der Waals surface area contributed by atoms with E-state index in [1.807, 2.05) is 6.20 Å². The van der Waals surface area contributed by atoms with Crippen molar-refractivity contribution in [3.05, 3.63) is 46.3 Å². The van der Waals surface area contributed by atoms with Gasteiger partial charge in [-0.05, 0) is 56.3 Å². The minimum Gasteiger partial charge on any atom is -0.330 e. The summed E-state index contributed by atoms with van der Waals surface area (Å²) in [4.78, 5) is 0. The number of aryl methyl sites for hydroxylation is 3. The first-order valence-electron chi connectivity index (χ1n) is 7.30. The van der Waals surface area contributed by atoms with E-state index in [-0.39, 0.29) is 0 Å². The highest BCUT2D eigenvalue weighted by Crippen LogP contribution is 2.27. The van der Waals surface area contributed by atoms with Gasteiger partial charge in [-0.15, -0.1) is 0 Å². The molecule has 0 aliphatic rings. The molecule has 2 aromatic rings. The molecule has 0 aliphatic carbocycles. The van der Waals surface area contributed by atoms with Crippen LogP contribution in [0, 0.1) is 20.8 Å². The van der Waals surface area contributed by atoms with Crippen molar-refractivity contribution in [2.45, 2.75) is 47.0 Å². The van der Waals surface area contributed by atoms with Crippen molar-refractivity contribution in [2.24, 2.45) is 5.73 Å². The first-order chi connectivity index (χ1) is 9.45. The van der Waals surface area contributed by atoms with Crippen LogP contribution in [-0.2, 0) is 6.42 Å². The fourth-order valence-electron chi connectivity index (χ4n) is 3.04. The summed E-state index contributed by atoms with van der Waals surface area (Å²) in [7, 11) is 0. The molecule has 0 spiro atoms. The highest BCUT2D eigenvalue weighted by molar-refractivity contribution is 5.50. The maximum absolute atomic E-state index is 5.72. The lowest BCUT2D eigenvalue weighted by Crippen LogP contribution is -2.11. The summed E-state index contributed by atoms with van der Waals surface area (Å²) in [6.45, 7) is 11.5. The zero-order valence-corrected chi connectivity index (χ0v) is 13.2. The normalized spacial score (nSPS) is 11.3. The second-order valence-corrected chi connectivity index (χ2v) is 5.91. The standard InChI is InChI=1S/C17H25N3/c1-11(2)16-15(6-7-18)10-19-20(16)17-13(4)8-12(3)9-14(17)5/h8-11H,6-7,18H2,1-5H3. The Bertz CT molecular complexity index is 586. The second-order valence-electron chi connectivity index (χ2n) is 5.91. The molecule has 0 aliphatic heterocycles. The smallest absolute Gasteiger partial charge is 0.0707 e. The van der Waals surface area contributed by atoms with Crippen LogP contribution in [0.3, 0.4) is 0 Å². The molecule has 0 unspecified atom stereocenters. The minimum atomic E-state index is 0.430. The number of benzene rings is 1. The first kappa shape index (κ1) is 14.8. The summed E-state index contributed by atoms with van der Waals surface area (Å²) in [5.74, 6) is 0.430. The van der Waals surface area contributed by atoms with Crippen molar-refractivity contribution < 1.29 is 0 Å². The zero-order valence-electron chi connectivity index (χ0n) is 13.2. The van der Waals surface area contributed by atoms with Crippen LogP contribution in [0.25, 0.3) is 5.69 Å². The van der Waals surface area contributed by atoms with Crippen LogP contribution in [-0.4, -0.2) is 16.3 Å². The van der Waals surface area contributed by atoms with Crippen molar-refractivity contribution in [2.75, 3.05) is 6.54 Å². The topological polar surface area (TPSA) is 43.8 Å². The molecular weight excluding hydrogens is 246 g/mol. The van der Waals surface area contributed by atoms with Gasteiger partial charge >= 0.3 is 0 Å². The number of aromatic nitrogens is 2. The highest BCUT2D eigenvalue weighted by atomic mass is 15.3. The van der Waals surface area contributed by atoms with Crippen molar-refractivity contribution in [3.63, 3.8) is 0 Å². The van der Waals surface area contributed by atoms with Gasteiger partial charge in [0.15, 0.2) is 0 Å². The van der Waals surface area contributed by atoms with E-state index >= 15 is 0 Å². The van der Waals surface area contributed by atoms with Crippen LogP contribution in [0.4, 0.5) is 0 Å². The van der Waals surface area contributed by atoms with Gasteiger partial charge in [0.1, 0.15) is 0 Å². The van der Waals surface area contributed by atoms with Gasteiger partial charge < -0.3 is 5.73 Å². The molecule has 0 atom stereocenters. The average Bonchev–Trinajstić information content (AvgIpc) is 2.72. The van der Waals surface area contributed by atoms with Gasteiger partial charge in [0.25, 0.3) is 0 Å². The first-order valence-corrected chi connectivity index (χ1v) is 7.30. The van der Waals surface area contributed by atoms with Crippen LogP contribution in [0.15, 0.2) is 18.3 Å². The van der Waals surface area contributed by atoms with Crippen LogP contribution >= 0.6 is 0 Å². The van der Waals surface area contributed by atoms with Crippen LogP contribution in [0.2, 0.25) is 0 Å². The van der Waals surface area contributed by atoms with Crippen LogP contribution < -0.4 is 5.73 Å². The molecule has 0 radical (unpaired) electrons. The lowest BCUT2D eigenvalue weighted by molar-refractivity contribution is 0.719. The molecule has 2 N–H and O–H groups in total. The van der Waals surface area contributed by atoms with Crippen LogP contribution in [0.5, 0.6) is 0 Å². The Labute approximate surface area is 121 Å². The molecule has 0 saturated heterocycles. The average molecular weight is 271 g/mol. The Hall–Kier alpha value is -1.61. The third-order valence-corrected chi connectivity index (χ3v) is 3.69. The summed E-state index contributed by atoms with van der Waals surface area (Å²) >= 11 is 0. The molecule has 1 aromatic heterocycles. The van der Waals surface area contributed by atoms with Crippen LogP contribution in [0.1, 0.15) is 47.7 Å². The number of hydrogen-bond donors (Lipinski definition) is 1. The fourth-order valence-corrected chi connectivity index (χ4v) is 3.04. The molecule has 2 rings (SSSR count). The van der Waals surface area contributed by atoms with E-state index in [1.165, 1.54) is 33.6 Å². The minimum absolute atomic E-state index is 0.430. The lowest BCUT2D eigenvalue weighted by Gasteiger charge is -2.17. The Kier molecular flexibility index (Phi) is 4.29. The molecule has 0 bridgehead atoms. The molecule has 0 amide bonds. The maximum Gasteiger partial charge on any atom is 0.0707 e. The van der Waals surface area contributed by atoms with Gasteiger partial charge in [-0.1, -0.05) is 31.5 Å². The molecular formula is C17H25N3. The number of hydrogen-bond acceptors (Lipinski definition) is 2. The van der Waals surface area contributed by atoms with Gasteiger partial charge in [0.05, 0.1) is 17.6 Å². The molecule has 3 heteroatoms. The van der Waals surface area contributed by atoms with Gasteiger partial charge in [0.2, 0.25) is 0 Å². The molecule has 20 heavy (non-hydrogen) atoms. The molecule has 0 saturated carbocycles. The summed E-state index contributed by atoms with van der Waals surface area (Å²) in [6.07, 6.45) is 2.86. The van der Waals surface area contributed by atoms with Crippen molar-refractivity contribution in [1.82, 2.24) is 9.78 Å². The lowest BCUT2D eigenvalue weighted by atomic mass is 10.0. The van der Waals surface area contributed by atoms with Crippen molar-refractivity contribution in [3.8, 4) is 5.69 Å². The monoisotopic (exact) mass is 271 g/mol. The summed E-state index contributed by atoms with van der Waals surface area (Å²) in [6, 6.07) is 4.44. The SMILES string of the molecule is Cc1cc(C)c(-n2ncc(CCN)c2C(C)C)c(C)c1. The van der Waals surface area contributed by atoms with E-state index in [2.05, 4.69) is 56.5 Å².